The molecule has 0 heterocycles. The Hall–Kier alpha value is -3.14. The van der Waals surface area contributed by atoms with Gasteiger partial charge in [0.15, 0.2) is 0 Å². The highest BCUT2D eigenvalue weighted by Gasteiger charge is 2.10. The summed E-state index contributed by atoms with van der Waals surface area (Å²) < 4.78 is 0. The number of hydrogen-bond acceptors (Lipinski definition) is 2. The van der Waals surface area contributed by atoms with Gasteiger partial charge in [-0.25, -0.2) is 0 Å². The Balaban J connectivity index is 1.82. The molecule has 0 saturated heterocycles. The molecule has 0 atom stereocenters. The lowest BCUT2D eigenvalue weighted by Gasteiger charge is -2.08. The number of benzene rings is 3. The van der Waals surface area contributed by atoms with E-state index in [0.717, 1.165) is 16.3 Å². The summed E-state index contributed by atoms with van der Waals surface area (Å²) >= 11 is 0. The minimum Gasteiger partial charge on any atom is -0.369 e. The van der Waals surface area contributed by atoms with Crippen molar-refractivity contribution in [3.63, 3.8) is 0 Å². The molecule has 3 N–H and O–H groups in total. The minimum absolute atomic E-state index is 0.163. The maximum Gasteiger partial charge on any atom is 0.256 e. The van der Waals surface area contributed by atoms with E-state index in [0.29, 0.717) is 11.3 Å². The van der Waals surface area contributed by atoms with Gasteiger partial charge in [-0.2, -0.15) is 0 Å². The second-order valence-electron chi connectivity index (χ2n) is 5.32. The lowest BCUT2D eigenvalue weighted by Crippen LogP contribution is -2.14. The molecule has 114 valence electrons. The van der Waals surface area contributed by atoms with Gasteiger partial charge < -0.3 is 11.1 Å². The van der Waals surface area contributed by atoms with Gasteiger partial charge in [0.1, 0.15) is 0 Å². The molecule has 3 aromatic carbocycles. The predicted molar refractivity (Wildman–Crippen MR) is 91.2 cm³/mol. The first kappa shape index (κ1) is 14.8. The van der Waals surface area contributed by atoms with E-state index in [1.54, 1.807) is 30.3 Å². The number of anilines is 1. The van der Waals surface area contributed by atoms with Crippen LogP contribution in [0.4, 0.5) is 5.69 Å². The van der Waals surface area contributed by atoms with Crippen LogP contribution in [0.2, 0.25) is 0 Å². The number of nitrogens with two attached hydrogens (primary N) is 1. The number of rotatable bonds is 4. The lowest BCUT2D eigenvalue weighted by atomic mass is 10.0. The Morgan fingerprint density at radius 2 is 1.57 bits per heavy atom. The Bertz CT molecular complexity index is 865. The van der Waals surface area contributed by atoms with Crippen molar-refractivity contribution in [1.29, 1.82) is 0 Å². The summed E-state index contributed by atoms with van der Waals surface area (Å²) in [5.74, 6) is -0.540. The van der Waals surface area contributed by atoms with E-state index < -0.39 is 0 Å². The number of carbonyl (C=O) groups is 2. The van der Waals surface area contributed by atoms with Crippen molar-refractivity contribution in [3.05, 3.63) is 77.9 Å². The van der Waals surface area contributed by atoms with Gasteiger partial charge in [0.05, 0.1) is 6.42 Å². The average molecular weight is 304 g/mol. The number of hydrogen-bond donors (Lipinski definition) is 2. The molecule has 0 radical (unpaired) electrons. The monoisotopic (exact) mass is 304 g/mol. The highest BCUT2D eigenvalue weighted by Crippen LogP contribution is 2.20. The van der Waals surface area contributed by atoms with Crippen molar-refractivity contribution in [2.45, 2.75) is 6.42 Å². The fraction of sp³-hybridized carbons (Fsp3) is 0.0526. The van der Waals surface area contributed by atoms with Gasteiger partial charge in [0, 0.05) is 11.3 Å². The van der Waals surface area contributed by atoms with Gasteiger partial charge in [-0.3, -0.25) is 9.59 Å². The van der Waals surface area contributed by atoms with Crippen molar-refractivity contribution < 1.29 is 9.59 Å². The molecule has 0 spiro atoms. The zero-order chi connectivity index (χ0) is 16.2. The minimum atomic E-state index is -0.377. The maximum atomic E-state index is 12.5. The van der Waals surface area contributed by atoms with Crippen LogP contribution in [0.25, 0.3) is 10.8 Å². The number of carbonyl (C=O) groups excluding carboxylic acids is 2. The Morgan fingerprint density at radius 1 is 0.870 bits per heavy atom. The van der Waals surface area contributed by atoms with Crippen LogP contribution in [0.1, 0.15) is 15.9 Å². The zero-order valence-corrected chi connectivity index (χ0v) is 12.5. The first-order valence-corrected chi connectivity index (χ1v) is 7.30. The van der Waals surface area contributed by atoms with Gasteiger partial charge in [-0.1, -0.05) is 48.5 Å². The van der Waals surface area contributed by atoms with Crippen molar-refractivity contribution in [1.82, 2.24) is 0 Å². The maximum absolute atomic E-state index is 12.5. The van der Waals surface area contributed by atoms with E-state index in [2.05, 4.69) is 5.32 Å². The van der Waals surface area contributed by atoms with Gasteiger partial charge in [-0.05, 0) is 34.5 Å². The van der Waals surface area contributed by atoms with Gasteiger partial charge in [0.25, 0.3) is 5.91 Å². The number of primary amides is 1. The van der Waals surface area contributed by atoms with E-state index in [-0.39, 0.29) is 18.2 Å². The molecule has 3 rings (SSSR count). The van der Waals surface area contributed by atoms with Crippen LogP contribution in [0, 0.1) is 0 Å². The summed E-state index contributed by atoms with van der Waals surface area (Å²) in [5.41, 5.74) is 7.29. The Morgan fingerprint density at radius 3 is 2.30 bits per heavy atom. The first-order valence-electron chi connectivity index (χ1n) is 7.30. The largest absolute Gasteiger partial charge is 0.369 e. The normalized spacial score (nSPS) is 10.4. The molecule has 23 heavy (non-hydrogen) atoms. The second kappa shape index (κ2) is 6.32. The van der Waals surface area contributed by atoms with Crippen LogP contribution >= 0.6 is 0 Å². The molecule has 3 aromatic rings. The van der Waals surface area contributed by atoms with Crippen LogP contribution < -0.4 is 11.1 Å². The van der Waals surface area contributed by atoms with E-state index in [1.807, 2.05) is 36.4 Å². The van der Waals surface area contributed by atoms with E-state index >= 15 is 0 Å². The SMILES string of the molecule is NC(=O)Cc1ccc(NC(=O)c2cccc3ccccc23)cc1. The molecule has 4 nitrogen and oxygen atoms in total. The zero-order valence-electron chi connectivity index (χ0n) is 12.5. The summed E-state index contributed by atoms with van der Waals surface area (Å²) in [7, 11) is 0. The molecule has 0 bridgehead atoms. The number of fused-ring (bicyclic) bond motifs is 1. The second-order valence-corrected chi connectivity index (χ2v) is 5.32. The van der Waals surface area contributed by atoms with Crippen LogP contribution in [-0.4, -0.2) is 11.8 Å². The van der Waals surface area contributed by atoms with Crippen molar-refractivity contribution in [3.8, 4) is 0 Å². The Kier molecular flexibility index (Phi) is 4.06. The van der Waals surface area contributed by atoms with E-state index in [4.69, 9.17) is 5.73 Å². The molecular formula is C19H16N2O2. The van der Waals surface area contributed by atoms with Crippen LogP contribution in [0.3, 0.4) is 0 Å². The summed E-state index contributed by atoms with van der Waals surface area (Å²) in [4.78, 5) is 23.4. The smallest absolute Gasteiger partial charge is 0.256 e. The molecule has 0 fully saturated rings. The van der Waals surface area contributed by atoms with Crippen LogP contribution in [0.15, 0.2) is 66.7 Å². The van der Waals surface area contributed by atoms with E-state index in [9.17, 15) is 9.59 Å². The van der Waals surface area contributed by atoms with Crippen LogP contribution in [0.5, 0.6) is 0 Å². The first-order chi connectivity index (χ1) is 11.1. The third-order valence-corrected chi connectivity index (χ3v) is 3.62. The summed E-state index contributed by atoms with van der Waals surface area (Å²) in [5, 5.41) is 4.82. The molecule has 0 saturated carbocycles. The number of nitrogens with one attached hydrogen (secondary N) is 1. The van der Waals surface area contributed by atoms with Gasteiger partial charge >= 0.3 is 0 Å². The van der Waals surface area contributed by atoms with Crippen LogP contribution in [-0.2, 0) is 11.2 Å². The number of amides is 2. The quantitative estimate of drug-likeness (QED) is 0.777. The molecule has 0 unspecified atom stereocenters. The molecule has 0 aliphatic rings. The molecule has 0 aliphatic heterocycles. The molecular weight excluding hydrogens is 288 g/mol. The summed E-state index contributed by atoms with van der Waals surface area (Å²) in [6.45, 7) is 0. The van der Waals surface area contributed by atoms with Crippen molar-refractivity contribution in [2.24, 2.45) is 5.73 Å². The van der Waals surface area contributed by atoms with Gasteiger partial charge in [0.2, 0.25) is 5.91 Å². The highest BCUT2D eigenvalue weighted by molar-refractivity contribution is 6.12. The fourth-order valence-electron chi connectivity index (χ4n) is 2.53. The molecule has 0 aromatic heterocycles. The fourth-order valence-corrected chi connectivity index (χ4v) is 2.53. The third kappa shape index (κ3) is 3.37. The average Bonchev–Trinajstić information content (AvgIpc) is 2.55. The predicted octanol–water partition coefficient (Wildman–Crippen LogP) is 3.12. The highest BCUT2D eigenvalue weighted by atomic mass is 16.2. The molecule has 2 amide bonds. The lowest BCUT2D eigenvalue weighted by molar-refractivity contribution is -0.117. The van der Waals surface area contributed by atoms with Crippen molar-refractivity contribution >= 4 is 28.3 Å². The van der Waals surface area contributed by atoms with Gasteiger partial charge in [-0.15, -0.1) is 0 Å². The third-order valence-electron chi connectivity index (χ3n) is 3.62. The summed E-state index contributed by atoms with van der Waals surface area (Å²) in [6.07, 6.45) is 0.192. The Labute approximate surface area is 133 Å². The molecule has 0 aliphatic carbocycles. The molecule has 4 heteroatoms. The topological polar surface area (TPSA) is 72.2 Å². The standard InChI is InChI=1S/C19H16N2O2/c20-18(22)12-13-8-10-15(11-9-13)21-19(23)17-7-3-5-14-4-1-2-6-16(14)17/h1-11H,12H2,(H2,20,22)(H,21,23). The van der Waals surface area contributed by atoms with E-state index in [1.165, 1.54) is 0 Å². The summed E-state index contributed by atoms with van der Waals surface area (Å²) in [6, 6.07) is 20.5. The van der Waals surface area contributed by atoms with Crippen molar-refractivity contribution in [2.75, 3.05) is 5.32 Å².